The molecule has 17 heavy (non-hydrogen) atoms. The molecule has 1 aliphatic heterocycles. The minimum atomic E-state index is -0.884. The van der Waals surface area contributed by atoms with Crippen molar-refractivity contribution in [3.05, 3.63) is 29.8 Å². The molecule has 0 unspecified atom stereocenters. The van der Waals surface area contributed by atoms with Gasteiger partial charge in [0, 0.05) is 25.9 Å². The number of carboxylic acids is 1. The third kappa shape index (κ3) is 2.77. The molecule has 0 spiro atoms. The fourth-order valence-corrected chi connectivity index (χ4v) is 2.18. The number of carbonyl (C=O) groups is 1. The van der Waals surface area contributed by atoms with E-state index in [0.717, 1.165) is 31.6 Å². The highest BCUT2D eigenvalue weighted by Crippen LogP contribution is 2.21. The average Bonchev–Trinajstić information content (AvgIpc) is 2.39. The first kappa shape index (κ1) is 11.9. The molecule has 4 heteroatoms. The monoisotopic (exact) mass is 235 g/mol. The number of benzene rings is 1. The van der Waals surface area contributed by atoms with E-state index in [1.54, 1.807) is 19.2 Å². The lowest BCUT2D eigenvalue weighted by Gasteiger charge is -2.33. The Balaban J connectivity index is 2.08. The molecule has 0 saturated carbocycles. The van der Waals surface area contributed by atoms with Gasteiger partial charge in [-0.15, -0.1) is 0 Å². The van der Waals surface area contributed by atoms with Crippen LogP contribution in [0.4, 0.5) is 5.69 Å². The van der Waals surface area contributed by atoms with Gasteiger partial charge >= 0.3 is 5.97 Å². The number of nitrogens with zero attached hydrogens (tertiary/aromatic N) is 1. The van der Waals surface area contributed by atoms with Gasteiger partial charge in [-0.1, -0.05) is 0 Å². The molecular weight excluding hydrogens is 218 g/mol. The number of aromatic carboxylic acids is 1. The Bertz CT molecular complexity index is 388. The summed E-state index contributed by atoms with van der Waals surface area (Å²) >= 11 is 0. The maximum absolute atomic E-state index is 10.8. The molecule has 0 bridgehead atoms. The van der Waals surface area contributed by atoms with Crippen LogP contribution < -0.4 is 4.90 Å². The lowest BCUT2D eigenvalue weighted by Crippen LogP contribution is -2.39. The number of ether oxygens (including phenoxy) is 1. The van der Waals surface area contributed by atoms with Crippen molar-refractivity contribution >= 4 is 11.7 Å². The summed E-state index contributed by atoms with van der Waals surface area (Å²) in [4.78, 5) is 13.0. The van der Waals surface area contributed by atoms with Gasteiger partial charge in [0.05, 0.1) is 11.7 Å². The van der Waals surface area contributed by atoms with Crippen LogP contribution in [0, 0.1) is 0 Å². The maximum Gasteiger partial charge on any atom is 0.335 e. The second kappa shape index (κ2) is 5.19. The Labute approximate surface area is 101 Å². The van der Waals surface area contributed by atoms with E-state index in [1.807, 2.05) is 12.1 Å². The third-order valence-electron chi connectivity index (χ3n) is 3.19. The summed E-state index contributed by atoms with van der Waals surface area (Å²) in [5.74, 6) is -0.884. The normalized spacial score (nSPS) is 20.3. The molecule has 92 valence electrons. The van der Waals surface area contributed by atoms with E-state index in [-0.39, 0.29) is 6.10 Å². The van der Waals surface area contributed by atoms with E-state index in [4.69, 9.17) is 9.84 Å². The van der Waals surface area contributed by atoms with Gasteiger partial charge in [0.15, 0.2) is 0 Å². The minimum Gasteiger partial charge on any atom is -0.478 e. The Morgan fingerprint density at radius 3 is 2.71 bits per heavy atom. The topological polar surface area (TPSA) is 49.8 Å². The molecular formula is C13H17NO3. The number of methoxy groups -OCH3 is 1. The number of carboxylic acid groups (broad SMARTS) is 1. The van der Waals surface area contributed by atoms with Crippen LogP contribution in [0.2, 0.25) is 0 Å². The smallest absolute Gasteiger partial charge is 0.335 e. The fraction of sp³-hybridized carbons (Fsp3) is 0.462. The Hall–Kier alpha value is -1.55. The first-order valence-electron chi connectivity index (χ1n) is 5.82. The molecule has 1 atom stereocenters. The quantitative estimate of drug-likeness (QED) is 0.870. The Morgan fingerprint density at radius 1 is 1.41 bits per heavy atom. The predicted octanol–water partition coefficient (Wildman–Crippen LogP) is 2.00. The SMILES string of the molecule is CO[C@H]1CCCN(c2ccc(C(=O)O)cc2)C1. The number of rotatable bonds is 3. The molecule has 1 saturated heterocycles. The van der Waals surface area contributed by atoms with Gasteiger partial charge in [-0.3, -0.25) is 0 Å². The maximum atomic E-state index is 10.8. The predicted molar refractivity (Wildman–Crippen MR) is 65.6 cm³/mol. The third-order valence-corrected chi connectivity index (χ3v) is 3.19. The van der Waals surface area contributed by atoms with Crippen LogP contribution in [0.5, 0.6) is 0 Å². The fourth-order valence-electron chi connectivity index (χ4n) is 2.18. The molecule has 2 rings (SSSR count). The van der Waals surface area contributed by atoms with Gasteiger partial charge in [-0.05, 0) is 37.1 Å². The van der Waals surface area contributed by atoms with E-state index >= 15 is 0 Å². The molecule has 0 amide bonds. The summed E-state index contributed by atoms with van der Waals surface area (Å²) < 4.78 is 5.37. The summed E-state index contributed by atoms with van der Waals surface area (Å²) in [7, 11) is 1.74. The molecule has 0 radical (unpaired) electrons. The van der Waals surface area contributed by atoms with Crippen LogP contribution in [-0.4, -0.2) is 37.4 Å². The van der Waals surface area contributed by atoms with Crippen molar-refractivity contribution in [1.82, 2.24) is 0 Å². The van der Waals surface area contributed by atoms with E-state index in [2.05, 4.69) is 4.90 Å². The Kier molecular flexibility index (Phi) is 3.64. The molecule has 1 aliphatic rings. The van der Waals surface area contributed by atoms with E-state index in [0.29, 0.717) is 5.56 Å². The minimum absolute atomic E-state index is 0.280. The van der Waals surface area contributed by atoms with Gasteiger partial charge in [-0.25, -0.2) is 4.79 Å². The van der Waals surface area contributed by atoms with Crippen LogP contribution in [0.15, 0.2) is 24.3 Å². The lowest BCUT2D eigenvalue weighted by molar-refractivity contribution is 0.0696. The van der Waals surface area contributed by atoms with Crippen molar-refractivity contribution in [2.45, 2.75) is 18.9 Å². The van der Waals surface area contributed by atoms with Crippen molar-refractivity contribution in [3.8, 4) is 0 Å². The van der Waals surface area contributed by atoms with Crippen LogP contribution in [0.1, 0.15) is 23.2 Å². The summed E-state index contributed by atoms with van der Waals surface area (Å²) in [6, 6.07) is 7.02. The van der Waals surface area contributed by atoms with Crippen LogP contribution >= 0.6 is 0 Å². The first-order chi connectivity index (χ1) is 8.20. The standard InChI is InChI=1S/C13H17NO3/c1-17-12-3-2-8-14(9-12)11-6-4-10(5-7-11)13(15)16/h4-7,12H,2-3,8-9H2,1H3,(H,15,16)/t12-/m0/s1. The summed E-state index contributed by atoms with van der Waals surface area (Å²) in [6.07, 6.45) is 2.49. The van der Waals surface area contributed by atoms with Gasteiger partial charge in [0.25, 0.3) is 0 Å². The van der Waals surface area contributed by atoms with Crippen LogP contribution in [0.25, 0.3) is 0 Å². The molecule has 4 nitrogen and oxygen atoms in total. The molecule has 1 fully saturated rings. The number of hydrogen-bond donors (Lipinski definition) is 1. The Morgan fingerprint density at radius 2 is 2.12 bits per heavy atom. The summed E-state index contributed by atoms with van der Waals surface area (Å²) in [5, 5.41) is 8.83. The number of piperidine rings is 1. The molecule has 1 N–H and O–H groups in total. The van der Waals surface area contributed by atoms with Gasteiger partial charge < -0.3 is 14.7 Å². The number of hydrogen-bond acceptors (Lipinski definition) is 3. The van der Waals surface area contributed by atoms with Gasteiger partial charge in [0.1, 0.15) is 0 Å². The molecule has 0 aromatic heterocycles. The van der Waals surface area contributed by atoms with Gasteiger partial charge in [0.2, 0.25) is 0 Å². The van der Waals surface area contributed by atoms with Crippen LogP contribution in [-0.2, 0) is 4.74 Å². The summed E-state index contributed by atoms with van der Waals surface area (Å²) in [6.45, 7) is 1.88. The molecule has 0 aliphatic carbocycles. The second-order valence-electron chi connectivity index (χ2n) is 4.30. The number of anilines is 1. The highest BCUT2D eigenvalue weighted by atomic mass is 16.5. The van der Waals surface area contributed by atoms with Crippen molar-refractivity contribution in [2.24, 2.45) is 0 Å². The largest absolute Gasteiger partial charge is 0.478 e. The van der Waals surface area contributed by atoms with E-state index in [1.165, 1.54) is 0 Å². The zero-order chi connectivity index (χ0) is 12.3. The summed E-state index contributed by atoms with van der Waals surface area (Å²) in [5.41, 5.74) is 1.39. The second-order valence-corrected chi connectivity index (χ2v) is 4.30. The van der Waals surface area contributed by atoms with E-state index < -0.39 is 5.97 Å². The van der Waals surface area contributed by atoms with Crippen molar-refractivity contribution in [1.29, 1.82) is 0 Å². The molecule has 1 aromatic rings. The molecule has 1 aromatic carbocycles. The zero-order valence-electron chi connectivity index (χ0n) is 9.93. The van der Waals surface area contributed by atoms with Crippen molar-refractivity contribution in [3.63, 3.8) is 0 Å². The van der Waals surface area contributed by atoms with Gasteiger partial charge in [-0.2, -0.15) is 0 Å². The van der Waals surface area contributed by atoms with E-state index in [9.17, 15) is 4.79 Å². The highest BCUT2D eigenvalue weighted by Gasteiger charge is 2.19. The highest BCUT2D eigenvalue weighted by molar-refractivity contribution is 5.88. The van der Waals surface area contributed by atoms with Crippen molar-refractivity contribution in [2.75, 3.05) is 25.1 Å². The molecule has 1 heterocycles. The first-order valence-corrected chi connectivity index (χ1v) is 5.82. The van der Waals surface area contributed by atoms with Crippen molar-refractivity contribution < 1.29 is 14.6 Å². The zero-order valence-corrected chi connectivity index (χ0v) is 9.93. The van der Waals surface area contributed by atoms with Crippen LogP contribution in [0.3, 0.4) is 0 Å². The lowest BCUT2D eigenvalue weighted by atomic mass is 10.1. The average molecular weight is 235 g/mol.